The van der Waals surface area contributed by atoms with Crippen LogP contribution in [0.3, 0.4) is 0 Å². The second kappa shape index (κ2) is 10.4. The lowest BCUT2D eigenvalue weighted by atomic mass is 10.0. The molecule has 0 radical (unpaired) electrons. The summed E-state index contributed by atoms with van der Waals surface area (Å²) in [5, 5.41) is 3.28. The van der Waals surface area contributed by atoms with Gasteiger partial charge in [-0.1, -0.05) is 79.5 Å². The van der Waals surface area contributed by atoms with Crippen LogP contribution in [0.1, 0.15) is 30.9 Å². The van der Waals surface area contributed by atoms with Gasteiger partial charge in [-0.05, 0) is 47.4 Å². The molecular weight excluding hydrogens is 467 g/mol. The van der Waals surface area contributed by atoms with E-state index in [9.17, 15) is 13.2 Å². The summed E-state index contributed by atoms with van der Waals surface area (Å²) in [6.07, 6.45) is 0. The molecule has 0 aromatic heterocycles. The minimum absolute atomic E-state index is 0.0724. The number of sulfonamides is 1. The van der Waals surface area contributed by atoms with Crippen LogP contribution in [0, 0.1) is 0 Å². The van der Waals surface area contributed by atoms with Crippen molar-refractivity contribution in [3.8, 4) is 0 Å². The summed E-state index contributed by atoms with van der Waals surface area (Å²) in [4.78, 5) is 12.8. The maximum Gasteiger partial charge on any atom is 0.264 e. The van der Waals surface area contributed by atoms with Gasteiger partial charge < -0.3 is 5.32 Å². The zero-order valence-electron chi connectivity index (χ0n) is 17.8. The normalized spacial score (nSPS) is 11.4. The number of benzene rings is 3. The molecule has 0 aliphatic heterocycles. The van der Waals surface area contributed by atoms with Gasteiger partial charge in [-0.15, -0.1) is 0 Å². The number of carbonyl (C=O) groups excluding carboxylic acids is 1. The molecule has 3 aromatic rings. The molecule has 0 spiro atoms. The van der Waals surface area contributed by atoms with Crippen molar-refractivity contribution < 1.29 is 13.2 Å². The van der Waals surface area contributed by atoms with Crippen molar-refractivity contribution in [3.05, 3.63) is 94.0 Å². The predicted molar refractivity (Wildman–Crippen MR) is 130 cm³/mol. The number of nitrogens with one attached hydrogen (secondary N) is 1. The lowest BCUT2D eigenvalue weighted by Crippen LogP contribution is -2.40. The Morgan fingerprint density at radius 1 is 0.938 bits per heavy atom. The first-order valence-electron chi connectivity index (χ1n) is 10.1. The molecule has 3 rings (SSSR count). The maximum atomic E-state index is 13.3. The van der Waals surface area contributed by atoms with Crippen molar-refractivity contribution in [1.29, 1.82) is 0 Å². The van der Waals surface area contributed by atoms with Crippen molar-refractivity contribution in [2.75, 3.05) is 10.8 Å². The highest BCUT2D eigenvalue weighted by Gasteiger charge is 2.27. The fourth-order valence-corrected chi connectivity index (χ4v) is 4.81. The Morgan fingerprint density at radius 3 is 2.19 bits per heavy atom. The second-order valence-corrected chi connectivity index (χ2v) is 10.3. The van der Waals surface area contributed by atoms with Crippen LogP contribution in [0.2, 0.25) is 10.0 Å². The van der Waals surface area contributed by atoms with E-state index in [1.807, 2.05) is 24.3 Å². The molecule has 0 saturated carbocycles. The topological polar surface area (TPSA) is 66.5 Å². The molecule has 5 nitrogen and oxygen atoms in total. The summed E-state index contributed by atoms with van der Waals surface area (Å²) < 4.78 is 27.6. The fraction of sp³-hybridized carbons (Fsp3) is 0.208. The van der Waals surface area contributed by atoms with Gasteiger partial charge in [-0.25, -0.2) is 8.42 Å². The van der Waals surface area contributed by atoms with Crippen LogP contribution in [-0.2, 0) is 21.4 Å². The predicted octanol–water partition coefficient (Wildman–Crippen LogP) is 5.63. The van der Waals surface area contributed by atoms with E-state index in [2.05, 4.69) is 19.2 Å². The number of carbonyl (C=O) groups is 1. The lowest BCUT2D eigenvalue weighted by Gasteiger charge is -2.24. The standard InChI is InChI=1S/C24H24Cl2N2O3S/c1-17(2)19-10-8-18(9-11-19)15-27-24(29)16-28(20-12-13-22(25)23(26)14-20)32(30,31)21-6-4-3-5-7-21/h3-14,17H,15-16H2,1-2H3,(H,27,29). The van der Waals surface area contributed by atoms with E-state index in [1.54, 1.807) is 18.2 Å². The molecule has 3 aromatic carbocycles. The van der Waals surface area contributed by atoms with Crippen molar-refractivity contribution >= 4 is 44.8 Å². The molecule has 0 fully saturated rings. The summed E-state index contributed by atoms with van der Waals surface area (Å²) in [6, 6.07) is 20.3. The molecular formula is C24H24Cl2N2O3S. The molecule has 8 heteroatoms. The molecule has 0 bridgehead atoms. The Kier molecular flexibility index (Phi) is 7.82. The van der Waals surface area contributed by atoms with Gasteiger partial charge in [0.25, 0.3) is 10.0 Å². The van der Waals surface area contributed by atoms with E-state index >= 15 is 0 Å². The fourth-order valence-electron chi connectivity index (χ4n) is 3.08. The van der Waals surface area contributed by atoms with E-state index in [4.69, 9.17) is 23.2 Å². The molecule has 0 atom stereocenters. The zero-order chi connectivity index (χ0) is 23.3. The molecule has 0 saturated heterocycles. The van der Waals surface area contributed by atoms with Gasteiger partial charge in [0.2, 0.25) is 5.91 Å². The third-order valence-electron chi connectivity index (χ3n) is 4.95. The van der Waals surface area contributed by atoms with E-state index in [-0.39, 0.29) is 22.2 Å². The highest BCUT2D eigenvalue weighted by Crippen LogP contribution is 2.30. The summed E-state index contributed by atoms with van der Waals surface area (Å²) in [7, 11) is -4.01. The third-order valence-corrected chi connectivity index (χ3v) is 7.47. The Labute approximate surface area is 199 Å². The summed E-state index contributed by atoms with van der Waals surface area (Å²) in [5.41, 5.74) is 2.38. The van der Waals surface area contributed by atoms with E-state index in [0.717, 1.165) is 9.87 Å². The van der Waals surface area contributed by atoms with Gasteiger partial charge in [-0.2, -0.15) is 0 Å². The molecule has 0 unspecified atom stereocenters. The lowest BCUT2D eigenvalue weighted by molar-refractivity contribution is -0.119. The van der Waals surface area contributed by atoms with Gasteiger partial charge >= 0.3 is 0 Å². The van der Waals surface area contributed by atoms with Gasteiger partial charge in [0, 0.05) is 6.54 Å². The number of amides is 1. The number of hydrogen-bond acceptors (Lipinski definition) is 3. The van der Waals surface area contributed by atoms with Crippen LogP contribution in [0.4, 0.5) is 5.69 Å². The van der Waals surface area contributed by atoms with Crippen LogP contribution in [-0.4, -0.2) is 20.9 Å². The Hall–Kier alpha value is -2.54. The Bertz CT molecular complexity index is 1180. The number of rotatable bonds is 8. The van der Waals surface area contributed by atoms with Gasteiger partial charge in [0.15, 0.2) is 0 Å². The molecule has 1 N–H and O–H groups in total. The van der Waals surface area contributed by atoms with Crippen LogP contribution >= 0.6 is 23.2 Å². The first-order valence-corrected chi connectivity index (χ1v) is 12.3. The monoisotopic (exact) mass is 490 g/mol. The SMILES string of the molecule is CC(C)c1ccc(CNC(=O)CN(c2ccc(Cl)c(Cl)c2)S(=O)(=O)c2ccccc2)cc1. The van der Waals surface area contributed by atoms with E-state index in [0.29, 0.717) is 10.9 Å². The highest BCUT2D eigenvalue weighted by molar-refractivity contribution is 7.92. The maximum absolute atomic E-state index is 13.3. The number of hydrogen-bond donors (Lipinski definition) is 1. The van der Waals surface area contributed by atoms with Gasteiger partial charge in [0.1, 0.15) is 6.54 Å². The quantitative estimate of drug-likeness (QED) is 0.444. The van der Waals surface area contributed by atoms with Crippen molar-refractivity contribution in [3.63, 3.8) is 0 Å². The van der Waals surface area contributed by atoms with E-state index in [1.165, 1.54) is 35.9 Å². The first-order chi connectivity index (χ1) is 15.2. The average molecular weight is 491 g/mol. The van der Waals surface area contributed by atoms with Crippen LogP contribution < -0.4 is 9.62 Å². The molecule has 0 heterocycles. The second-order valence-electron chi connectivity index (χ2n) is 7.60. The highest BCUT2D eigenvalue weighted by atomic mass is 35.5. The molecule has 168 valence electrons. The number of nitrogens with zero attached hydrogens (tertiary/aromatic N) is 1. The summed E-state index contributed by atoms with van der Waals surface area (Å²) in [5.74, 6) is -0.0230. The Balaban J connectivity index is 1.82. The summed E-state index contributed by atoms with van der Waals surface area (Å²) >= 11 is 12.1. The largest absolute Gasteiger partial charge is 0.350 e. The van der Waals surface area contributed by atoms with E-state index < -0.39 is 22.5 Å². The molecule has 0 aliphatic carbocycles. The summed E-state index contributed by atoms with van der Waals surface area (Å²) in [6.45, 7) is 4.11. The van der Waals surface area contributed by atoms with Crippen LogP contribution in [0.15, 0.2) is 77.7 Å². The van der Waals surface area contributed by atoms with Crippen LogP contribution in [0.5, 0.6) is 0 Å². The molecule has 0 aliphatic rings. The Morgan fingerprint density at radius 2 is 1.59 bits per heavy atom. The van der Waals surface area contributed by atoms with Gasteiger partial charge in [-0.3, -0.25) is 9.10 Å². The smallest absolute Gasteiger partial charge is 0.264 e. The first kappa shape index (κ1) is 24.1. The van der Waals surface area contributed by atoms with Crippen LogP contribution in [0.25, 0.3) is 0 Å². The minimum atomic E-state index is -4.01. The minimum Gasteiger partial charge on any atom is -0.350 e. The number of anilines is 1. The number of halogens is 2. The van der Waals surface area contributed by atoms with Crippen molar-refractivity contribution in [2.45, 2.75) is 31.2 Å². The third kappa shape index (κ3) is 5.82. The molecule has 1 amide bonds. The zero-order valence-corrected chi connectivity index (χ0v) is 20.1. The van der Waals surface area contributed by atoms with Crippen molar-refractivity contribution in [1.82, 2.24) is 5.32 Å². The van der Waals surface area contributed by atoms with Gasteiger partial charge in [0.05, 0.1) is 20.6 Å². The average Bonchev–Trinajstić information content (AvgIpc) is 2.78. The molecule has 32 heavy (non-hydrogen) atoms. The van der Waals surface area contributed by atoms with Crippen molar-refractivity contribution in [2.24, 2.45) is 0 Å².